The van der Waals surface area contributed by atoms with Gasteiger partial charge in [0.15, 0.2) is 17.6 Å². The first-order valence-corrected chi connectivity index (χ1v) is 8.58. The molecule has 6 heteroatoms. The lowest BCUT2D eigenvalue weighted by molar-refractivity contribution is -0.153. The van der Waals surface area contributed by atoms with Crippen molar-refractivity contribution in [1.29, 1.82) is 0 Å². The fourth-order valence-electron chi connectivity index (χ4n) is 2.29. The quantitative estimate of drug-likeness (QED) is 0.811. The van der Waals surface area contributed by atoms with Crippen LogP contribution in [0.15, 0.2) is 18.2 Å². The monoisotopic (exact) mass is 326 g/mol. The Morgan fingerprint density at radius 3 is 2.73 bits per heavy atom. The van der Waals surface area contributed by atoms with Crippen LogP contribution in [0.1, 0.15) is 31.4 Å². The van der Waals surface area contributed by atoms with Gasteiger partial charge in [-0.2, -0.15) is 11.8 Å². The third-order valence-electron chi connectivity index (χ3n) is 3.48. The summed E-state index contributed by atoms with van der Waals surface area (Å²) in [6.45, 7) is 1.93. The summed E-state index contributed by atoms with van der Waals surface area (Å²) >= 11 is 1.92. The molecular weight excluding hydrogens is 304 g/mol. The lowest BCUT2D eigenvalue weighted by atomic mass is 10.1. The minimum absolute atomic E-state index is 0.144. The van der Waals surface area contributed by atoms with Crippen LogP contribution in [-0.4, -0.2) is 42.4 Å². The molecule has 1 aromatic rings. The molecule has 1 aliphatic heterocycles. The van der Waals surface area contributed by atoms with Crippen LogP contribution in [0.3, 0.4) is 0 Å². The Hall–Kier alpha value is -1.40. The van der Waals surface area contributed by atoms with E-state index in [0.29, 0.717) is 17.1 Å². The van der Waals surface area contributed by atoms with Gasteiger partial charge in [0.2, 0.25) is 0 Å². The molecule has 1 aromatic carbocycles. The van der Waals surface area contributed by atoms with Crippen molar-refractivity contribution >= 4 is 17.7 Å². The zero-order valence-electron chi connectivity index (χ0n) is 12.9. The highest BCUT2D eigenvalue weighted by Gasteiger charge is 2.22. The normalized spacial score (nSPS) is 16.9. The molecule has 1 fully saturated rings. The standard InChI is InChI=1S/C16H22O5S/c1-3-20-16(18)15(17)11-4-5-13(19-2)14(10-11)21-12-6-8-22-9-7-12/h4-5,10,12,15,17H,3,6-9H2,1-2H3. The molecular formula is C16H22O5S. The number of ether oxygens (including phenoxy) is 3. The van der Waals surface area contributed by atoms with Crippen LogP contribution < -0.4 is 9.47 Å². The summed E-state index contributed by atoms with van der Waals surface area (Å²) in [5, 5.41) is 10.0. The van der Waals surface area contributed by atoms with Crippen LogP contribution in [0, 0.1) is 0 Å². The summed E-state index contributed by atoms with van der Waals surface area (Å²) < 4.78 is 16.1. The molecule has 1 saturated heterocycles. The van der Waals surface area contributed by atoms with Gasteiger partial charge >= 0.3 is 5.97 Å². The van der Waals surface area contributed by atoms with Crippen LogP contribution in [0.5, 0.6) is 11.5 Å². The Balaban J connectivity index is 2.16. The van der Waals surface area contributed by atoms with E-state index in [1.54, 1.807) is 32.2 Å². The van der Waals surface area contributed by atoms with Gasteiger partial charge in [0, 0.05) is 0 Å². The molecule has 2 rings (SSSR count). The lowest BCUT2D eigenvalue weighted by Crippen LogP contribution is -2.22. The molecule has 1 atom stereocenters. The van der Waals surface area contributed by atoms with Crippen molar-refractivity contribution < 1.29 is 24.1 Å². The molecule has 0 radical (unpaired) electrons. The number of esters is 1. The van der Waals surface area contributed by atoms with E-state index in [4.69, 9.17) is 14.2 Å². The molecule has 0 aliphatic carbocycles. The summed E-state index contributed by atoms with van der Waals surface area (Å²) in [5.74, 6) is 2.65. The Bertz CT molecular complexity index is 499. The number of thioether (sulfide) groups is 1. The van der Waals surface area contributed by atoms with Crippen LogP contribution in [0.4, 0.5) is 0 Å². The van der Waals surface area contributed by atoms with Crippen molar-refractivity contribution in [2.24, 2.45) is 0 Å². The molecule has 22 heavy (non-hydrogen) atoms. The van der Waals surface area contributed by atoms with E-state index in [9.17, 15) is 9.90 Å². The maximum absolute atomic E-state index is 11.7. The number of carbonyl (C=O) groups excluding carboxylic acids is 1. The minimum atomic E-state index is -1.31. The second-order valence-corrected chi connectivity index (χ2v) is 6.22. The average molecular weight is 326 g/mol. The first-order valence-electron chi connectivity index (χ1n) is 7.42. The zero-order valence-corrected chi connectivity index (χ0v) is 13.7. The van der Waals surface area contributed by atoms with Gasteiger partial charge in [-0.15, -0.1) is 0 Å². The molecule has 0 amide bonds. The van der Waals surface area contributed by atoms with E-state index < -0.39 is 12.1 Å². The Kier molecular flexibility index (Phi) is 6.39. The van der Waals surface area contributed by atoms with E-state index in [-0.39, 0.29) is 12.7 Å². The Morgan fingerprint density at radius 1 is 1.36 bits per heavy atom. The van der Waals surface area contributed by atoms with Crippen molar-refractivity contribution in [3.8, 4) is 11.5 Å². The number of methoxy groups -OCH3 is 1. The van der Waals surface area contributed by atoms with Gasteiger partial charge in [-0.1, -0.05) is 6.07 Å². The second kappa shape index (κ2) is 8.29. The number of carbonyl (C=O) groups is 1. The predicted octanol–water partition coefficient (Wildman–Crippen LogP) is 2.57. The summed E-state index contributed by atoms with van der Waals surface area (Å²) in [4.78, 5) is 11.7. The lowest BCUT2D eigenvalue weighted by Gasteiger charge is -2.24. The molecule has 0 saturated carbocycles. The van der Waals surface area contributed by atoms with Gasteiger partial charge in [-0.05, 0) is 49.0 Å². The van der Waals surface area contributed by atoms with E-state index in [2.05, 4.69) is 0 Å². The minimum Gasteiger partial charge on any atom is -0.493 e. The molecule has 5 nitrogen and oxygen atoms in total. The van der Waals surface area contributed by atoms with Crippen molar-refractivity contribution in [1.82, 2.24) is 0 Å². The van der Waals surface area contributed by atoms with E-state index in [0.717, 1.165) is 24.3 Å². The fraction of sp³-hybridized carbons (Fsp3) is 0.562. The highest BCUT2D eigenvalue weighted by Crippen LogP contribution is 2.33. The molecule has 122 valence electrons. The molecule has 0 aromatic heterocycles. The third kappa shape index (κ3) is 4.30. The SMILES string of the molecule is CCOC(=O)C(O)c1ccc(OC)c(OC2CCSCC2)c1. The summed E-state index contributed by atoms with van der Waals surface area (Å²) in [6, 6.07) is 5.00. The molecule has 0 spiro atoms. The topological polar surface area (TPSA) is 65.0 Å². The van der Waals surface area contributed by atoms with Crippen LogP contribution in [0.2, 0.25) is 0 Å². The number of aliphatic hydroxyl groups excluding tert-OH is 1. The number of hydrogen-bond donors (Lipinski definition) is 1. The number of benzene rings is 1. The molecule has 1 aliphatic rings. The first-order chi connectivity index (χ1) is 10.7. The number of aliphatic hydroxyl groups is 1. The molecule has 1 N–H and O–H groups in total. The van der Waals surface area contributed by atoms with Crippen molar-refractivity contribution in [2.75, 3.05) is 25.2 Å². The van der Waals surface area contributed by atoms with Crippen molar-refractivity contribution in [3.05, 3.63) is 23.8 Å². The smallest absolute Gasteiger partial charge is 0.339 e. The van der Waals surface area contributed by atoms with E-state index in [1.165, 1.54) is 0 Å². The number of rotatable bonds is 6. The Morgan fingerprint density at radius 2 is 2.09 bits per heavy atom. The van der Waals surface area contributed by atoms with Gasteiger partial charge in [-0.25, -0.2) is 4.79 Å². The van der Waals surface area contributed by atoms with E-state index in [1.807, 2.05) is 11.8 Å². The second-order valence-electron chi connectivity index (χ2n) is 4.99. The van der Waals surface area contributed by atoms with Crippen LogP contribution >= 0.6 is 11.8 Å². The fourth-order valence-corrected chi connectivity index (χ4v) is 3.35. The van der Waals surface area contributed by atoms with Gasteiger partial charge in [0.25, 0.3) is 0 Å². The van der Waals surface area contributed by atoms with E-state index >= 15 is 0 Å². The first kappa shape index (κ1) is 17.0. The molecule has 1 unspecified atom stereocenters. The molecule has 1 heterocycles. The van der Waals surface area contributed by atoms with Gasteiger partial charge in [0.05, 0.1) is 13.7 Å². The van der Waals surface area contributed by atoms with Crippen LogP contribution in [-0.2, 0) is 9.53 Å². The highest BCUT2D eigenvalue weighted by atomic mass is 32.2. The van der Waals surface area contributed by atoms with Gasteiger partial charge in [-0.3, -0.25) is 0 Å². The highest BCUT2D eigenvalue weighted by molar-refractivity contribution is 7.99. The summed E-state index contributed by atoms with van der Waals surface area (Å²) in [5.41, 5.74) is 0.444. The predicted molar refractivity (Wildman–Crippen MR) is 85.6 cm³/mol. The van der Waals surface area contributed by atoms with Crippen molar-refractivity contribution in [2.45, 2.75) is 32.0 Å². The van der Waals surface area contributed by atoms with Crippen molar-refractivity contribution in [3.63, 3.8) is 0 Å². The largest absolute Gasteiger partial charge is 0.493 e. The summed E-state index contributed by atoms with van der Waals surface area (Å²) in [7, 11) is 1.57. The van der Waals surface area contributed by atoms with Gasteiger partial charge < -0.3 is 19.3 Å². The summed E-state index contributed by atoms with van der Waals surface area (Å²) in [6.07, 6.45) is 0.803. The number of hydrogen-bond acceptors (Lipinski definition) is 6. The Labute approximate surface area is 134 Å². The third-order valence-corrected chi connectivity index (χ3v) is 4.52. The van der Waals surface area contributed by atoms with Crippen LogP contribution in [0.25, 0.3) is 0 Å². The maximum Gasteiger partial charge on any atom is 0.339 e. The zero-order chi connectivity index (χ0) is 15.9. The maximum atomic E-state index is 11.7. The molecule has 0 bridgehead atoms. The van der Waals surface area contributed by atoms with Gasteiger partial charge in [0.1, 0.15) is 6.10 Å². The average Bonchev–Trinajstić information content (AvgIpc) is 2.55.